The lowest BCUT2D eigenvalue weighted by atomic mass is 9.98. The first-order valence-electron chi connectivity index (χ1n) is 14.9. The normalized spacial score (nSPS) is 11.8. The Balaban J connectivity index is 1.39. The van der Waals surface area contributed by atoms with Crippen LogP contribution in [0.1, 0.15) is 13.3 Å². The molecule has 0 heterocycles. The summed E-state index contributed by atoms with van der Waals surface area (Å²) in [6.07, 6.45) is 0.295. The van der Waals surface area contributed by atoms with Gasteiger partial charge in [0.05, 0.1) is 0 Å². The Morgan fingerprint density at radius 2 is 0.886 bits per heavy atom. The summed E-state index contributed by atoms with van der Waals surface area (Å²) in [4.78, 5) is 16.2. The molecule has 7 aromatic carbocycles. The van der Waals surface area contributed by atoms with Gasteiger partial charge in [0, 0.05) is 21.1 Å². The Bertz CT molecular complexity index is 1950. The van der Waals surface area contributed by atoms with Gasteiger partial charge in [0.2, 0.25) is 0 Å². The fourth-order valence-electron chi connectivity index (χ4n) is 5.97. The van der Waals surface area contributed by atoms with Crippen LogP contribution in [0.4, 0.5) is 0 Å². The predicted octanol–water partition coefficient (Wildman–Crippen LogP) is 11.5. The molecule has 0 amide bonds. The van der Waals surface area contributed by atoms with Gasteiger partial charge in [-0.05, 0) is 90.5 Å². The molecule has 7 rings (SSSR count). The topological polar surface area (TPSA) is 26.3 Å². The highest BCUT2D eigenvalue weighted by molar-refractivity contribution is 8.30. The molecule has 0 atom stereocenters. The summed E-state index contributed by atoms with van der Waals surface area (Å²) >= 11 is 0. The fraction of sp³-hybridized carbons (Fsp3) is 0.0488. The lowest BCUT2D eigenvalue weighted by molar-refractivity contribution is -0.133. The SMILES string of the molecule is CCC(=O)OS(c1ccccc1)(c1ccc(-c2cccc3ccccc23)cc1)c1ccc(-c2cccc3ccccc23)cc1. The van der Waals surface area contributed by atoms with E-state index in [9.17, 15) is 4.79 Å². The number of carbonyl (C=O) groups is 1. The van der Waals surface area contributed by atoms with Crippen LogP contribution in [-0.4, -0.2) is 5.97 Å². The van der Waals surface area contributed by atoms with Gasteiger partial charge in [-0.15, -0.1) is 0 Å². The fourth-order valence-corrected chi connectivity index (χ4v) is 9.05. The third-order valence-corrected chi connectivity index (χ3v) is 11.4. The number of benzene rings is 7. The first kappa shape index (κ1) is 27.7. The molecule has 0 fully saturated rings. The zero-order valence-corrected chi connectivity index (χ0v) is 25.3. The second kappa shape index (κ2) is 11.9. The quantitative estimate of drug-likeness (QED) is 0.185. The van der Waals surface area contributed by atoms with E-state index < -0.39 is 10.3 Å². The van der Waals surface area contributed by atoms with Crippen molar-refractivity contribution >= 4 is 37.8 Å². The molecular formula is C41H32O2S. The van der Waals surface area contributed by atoms with Crippen molar-refractivity contribution in [3.63, 3.8) is 0 Å². The summed E-state index contributed by atoms with van der Waals surface area (Å²) in [6.45, 7) is 1.85. The highest BCUT2D eigenvalue weighted by Crippen LogP contribution is 2.69. The molecule has 44 heavy (non-hydrogen) atoms. The number of hydrogen-bond donors (Lipinski definition) is 0. The van der Waals surface area contributed by atoms with Crippen molar-refractivity contribution < 1.29 is 8.98 Å². The average molecular weight is 589 g/mol. The lowest BCUT2D eigenvalue weighted by Gasteiger charge is -2.40. The van der Waals surface area contributed by atoms with Crippen molar-refractivity contribution in [2.75, 3.05) is 0 Å². The smallest absolute Gasteiger partial charge is 0.316 e. The van der Waals surface area contributed by atoms with Crippen molar-refractivity contribution in [1.82, 2.24) is 0 Å². The highest BCUT2D eigenvalue weighted by atomic mass is 32.3. The lowest BCUT2D eigenvalue weighted by Crippen LogP contribution is -2.13. The van der Waals surface area contributed by atoms with Crippen molar-refractivity contribution in [2.45, 2.75) is 28.0 Å². The minimum Gasteiger partial charge on any atom is -0.402 e. The molecule has 0 saturated carbocycles. The van der Waals surface area contributed by atoms with Gasteiger partial charge in [-0.2, -0.15) is 0 Å². The molecule has 0 bridgehead atoms. The molecule has 0 N–H and O–H groups in total. The number of rotatable bonds is 7. The summed E-state index contributed by atoms with van der Waals surface area (Å²) in [5.74, 6) is -0.222. The number of fused-ring (bicyclic) bond motifs is 2. The van der Waals surface area contributed by atoms with Gasteiger partial charge in [-0.1, -0.05) is 134 Å². The van der Waals surface area contributed by atoms with Crippen LogP contribution in [0.25, 0.3) is 43.8 Å². The Labute approximate surface area is 260 Å². The van der Waals surface area contributed by atoms with E-state index in [4.69, 9.17) is 4.18 Å². The number of carbonyl (C=O) groups excluding carboxylic acids is 1. The van der Waals surface area contributed by atoms with Crippen molar-refractivity contribution in [3.8, 4) is 22.3 Å². The van der Waals surface area contributed by atoms with Gasteiger partial charge in [0.25, 0.3) is 0 Å². The van der Waals surface area contributed by atoms with E-state index >= 15 is 0 Å². The van der Waals surface area contributed by atoms with Crippen molar-refractivity contribution in [3.05, 3.63) is 164 Å². The maximum Gasteiger partial charge on any atom is 0.316 e. The zero-order chi connectivity index (χ0) is 29.9. The highest BCUT2D eigenvalue weighted by Gasteiger charge is 2.35. The molecule has 2 nitrogen and oxygen atoms in total. The van der Waals surface area contributed by atoms with E-state index in [0.29, 0.717) is 6.42 Å². The summed E-state index contributed by atoms with van der Waals surface area (Å²) in [7, 11) is -2.38. The molecule has 0 aliphatic rings. The monoisotopic (exact) mass is 588 g/mol. The van der Waals surface area contributed by atoms with Gasteiger partial charge in [-0.25, -0.2) is 0 Å². The Morgan fingerprint density at radius 3 is 1.36 bits per heavy atom. The predicted molar refractivity (Wildman–Crippen MR) is 184 cm³/mol. The first-order chi connectivity index (χ1) is 21.7. The second-order valence-electron chi connectivity index (χ2n) is 10.8. The van der Waals surface area contributed by atoms with Gasteiger partial charge >= 0.3 is 5.97 Å². The van der Waals surface area contributed by atoms with E-state index in [0.717, 1.165) is 25.8 Å². The third-order valence-electron chi connectivity index (χ3n) is 8.16. The third kappa shape index (κ3) is 4.96. The van der Waals surface area contributed by atoms with Crippen LogP contribution >= 0.6 is 10.3 Å². The first-order valence-corrected chi connectivity index (χ1v) is 16.5. The van der Waals surface area contributed by atoms with Gasteiger partial charge in [-0.3, -0.25) is 4.79 Å². The molecule has 0 aromatic heterocycles. The van der Waals surface area contributed by atoms with E-state index in [1.165, 1.54) is 32.7 Å². The molecular weight excluding hydrogens is 557 g/mol. The Morgan fingerprint density at radius 1 is 0.477 bits per heavy atom. The van der Waals surface area contributed by atoms with Crippen molar-refractivity contribution in [1.29, 1.82) is 0 Å². The van der Waals surface area contributed by atoms with E-state index in [-0.39, 0.29) is 5.97 Å². The van der Waals surface area contributed by atoms with Crippen LogP contribution in [0, 0.1) is 0 Å². The summed E-state index contributed by atoms with van der Waals surface area (Å²) in [5.41, 5.74) is 4.61. The van der Waals surface area contributed by atoms with Crippen LogP contribution in [0.5, 0.6) is 0 Å². The van der Waals surface area contributed by atoms with E-state index in [1.54, 1.807) is 0 Å². The Kier molecular flexibility index (Phi) is 7.47. The van der Waals surface area contributed by atoms with Crippen LogP contribution in [0.3, 0.4) is 0 Å². The van der Waals surface area contributed by atoms with Crippen LogP contribution < -0.4 is 0 Å². The van der Waals surface area contributed by atoms with E-state index in [2.05, 4.69) is 146 Å². The summed E-state index contributed by atoms with van der Waals surface area (Å²) < 4.78 is 6.62. The summed E-state index contributed by atoms with van der Waals surface area (Å²) in [5, 5.41) is 4.85. The minimum atomic E-state index is -2.38. The molecule has 214 valence electrons. The van der Waals surface area contributed by atoms with Crippen LogP contribution in [0.15, 0.2) is 178 Å². The number of hydrogen-bond acceptors (Lipinski definition) is 2. The van der Waals surface area contributed by atoms with Gasteiger partial charge < -0.3 is 4.18 Å². The molecule has 0 spiro atoms. The molecule has 0 aliphatic heterocycles. The molecule has 0 saturated heterocycles. The zero-order valence-electron chi connectivity index (χ0n) is 24.5. The second-order valence-corrected chi connectivity index (χ2v) is 13.5. The minimum absolute atomic E-state index is 0.222. The molecule has 7 aromatic rings. The van der Waals surface area contributed by atoms with Crippen LogP contribution in [-0.2, 0) is 8.98 Å². The van der Waals surface area contributed by atoms with Gasteiger partial charge in [0.15, 0.2) is 0 Å². The maximum absolute atomic E-state index is 13.2. The molecule has 3 heteroatoms. The maximum atomic E-state index is 13.2. The van der Waals surface area contributed by atoms with E-state index in [1.807, 2.05) is 25.1 Å². The van der Waals surface area contributed by atoms with Crippen LogP contribution in [0.2, 0.25) is 0 Å². The Hall–Kier alpha value is -5.12. The van der Waals surface area contributed by atoms with Crippen molar-refractivity contribution in [2.24, 2.45) is 0 Å². The molecule has 0 radical (unpaired) electrons. The standard InChI is InChI=1S/C41H32O2S/c1-2-41(42)43-44(34-16-4-3-5-17-34,35-26-22-32(23-27-35)39-20-10-14-30-12-6-8-18-37(30)39)36-28-24-33(25-29-36)40-21-11-15-31-13-7-9-19-38(31)40/h3-29H,2H2,1H3. The average Bonchev–Trinajstić information content (AvgIpc) is 3.10. The largest absolute Gasteiger partial charge is 0.402 e. The van der Waals surface area contributed by atoms with Gasteiger partial charge in [0.1, 0.15) is 0 Å². The summed E-state index contributed by atoms with van der Waals surface area (Å²) in [6, 6.07) is 57.1. The molecule has 0 aliphatic carbocycles. The molecule has 0 unspecified atom stereocenters.